The standard InChI is InChI=1S/C22H19ClN4O2/c1-2-15-5-3-4-6-18(15)24-21(28)14-26-11-12-27-20(22(26)29)13-19(25-27)16-7-9-17(23)10-8-16/h3-13H,2,14H2,1H3,(H,24,28). The highest BCUT2D eigenvalue weighted by Gasteiger charge is 2.12. The van der Waals surface area contributed by atoms with E-state index in [1.165, 1.54) is 9.08 Å². The molecule has 2 aromatic carbocycles. The van der Waals surface area contributed by atoms with Crippen LogP contribution in [-0.2, 0) is 17.8 Å². The summed E-state index contributed by atoms with van der Waals surface area (Å²) in [7, 11) is 0. The van der Waals surface area contributed by atoms with Crippen LogP contribution < -0.4 is 10.9 Å². The van der Waals surface area contributed by atoms with Gasteiger partial charge in [0.05, 0.1) is 5.69 Å². The zero-order valence-corrected chi connectivity index (χ0v) is 16.6. The molecule has 2 heterocycles. The lowest BCUT2D eigenvalue weighted by Crippen LogP contribution is -2.28. The van der Waals surface area contributed by atoms with Gasteiger partial charge in [-0.2, -0.15) is 5.10 Å². The number of carbonyl (C=O) groups is 1. The molecular formula is C22H19ClN4O2. The van der Waals surface area contributed by atoms with E-state index >= 15 is 0 Å². The van der Waals surface area contributed by atoms with E-state index in [0.717, 1.165) is 23.2 Å². The molecule has 0 aliphatic carbocycles. The Kier molecular flexibility index (Phi) is 5.18. The molecule has 0 bridgehead atoms. The van der Waals surface area contributed by atoms with Crippen LogP contribution in [0.25, 0.3) is 16.8 Å². The second-order valence-corrected chi connectivity index (χ2v) is 7.09. The number of halogens is 1. The highest BCUT2D eigenvalue weighted by Crippen LogP contribution is 2.21. The summed E-state index contributed by atoms with van der Waals surface area (Å²) in [5.74, 6) is -0.255. The maximum absolute atomic E-state index is 12.8. The van der Waals surface area contributed by atoms with Crippen LogP contribution >= 0.6 is 11.6 Å². The molecule has 0 saturated carbocycles. The monoisotopic (exact) mass is 406 g/mol. The van der Waals surface area contributed by atoms with Crippen molar-refractivity contribution >= 4 is 28.7 Å². The number of aromatic nitrogens is 3. The van der Waals surface area contributed by atoms with Crippen molar-refractivity contribution in [3.63, 3.8) is 0 Å². The van der Waals surface area contributed by atoms with E-state index in [0.29, 0.717) is 16.2 Å². The molecule has 1 N–H and O–H groups in total. The Morgan fingerprint density at radius 1 is 1.10 bits per heavy atom. The normalized spacial score (nSPS) is 11.0. The molecular weight excluding hydrogens is 388 g/mol. The molecule has 0 spiro atoms. The van der Waals surface area contributed by atoms with Crippen LogP contribution in [0, 0.1) is 0 Å². The molecule has 7 heteroatoms. The van der Waals surface area contributed by atoms with Crippen LogP contribution in [0.3, 0.4) is 0 Å². The average Bonchev–Trinajstić information content (AvgIpc) is 3.16. The maximum Gasteiger partial charge on any atom is 0.277 e. The summed E-state index contributed by atoms with van der Waals surface area (Å²) in [6, 6.07) is 16.6. The van der Waals surface area contributed by atoms with E-state index in [9.17, 15) is 9.59 Å². The van der Waals surface area contributed by atoms with Crippen LogP contribution in [0.5, 0.6) is 0 Å². The lowest BCUT2D eigenvalue weighted by molar-refractivity contribution is -0.116. The molecule has 4 rings (SSSR count). The molecule has 2 aromatic heterocycles. The van der Waals surface area contributed by atoms with Crippen molar-refractivity contribution in [2.75, 3.05) is 5.32 Å². The van der Waals surface area contributed by atoms with Gasteiger partial charge in [-0.3, -0.25) is 9.59 Å². The summed E-state index contributed by atoms with van der Waals surface area (Å²) in [5.41, 5.74) is 3.46. The SMILES string of the molecule is CCc1ccccc1NC(=O)Cn1ccn2nc(-c3ccc(Cl)cc3)cc2c1=O. The average molecular weight is 407 g/mol. The highest BCUT2D eigenvalue weighted by atomic mass is 35.5. The highest BCUT2D eigenvalue weighted by molar-refractivity contribution is 6.30. The number of rotatable bonds is 5. The number of hydrogen-bond donors (Lipinski definition) is 1. The minimum atomic E-state index is -0.279. The van der Waals surface area contributed by atoms with Crippen molar-refractivity contribution in [3.05, 3.63) is 87.9 Å². The topological polar surface area (TPSA) is 68.4 Å². The first-order valence-electron chi connectivity index (χ1n) is 9.27. The van der Waals surface area contributed by atoms with Crippen molar-refractivity contribution in [2.45, 2.75) is 19.9 Å². The molecule has 0 aliphatic heterocycles. The first-order chi connectivity index (χ1) is 14.0. The molecule has 0 unspecified atom stereocenters. The van der Waals surface area contributed by atoms with Gasteiger partial charge in [0, 0.05) is 28.7 Å². The number of para-hydroxylation sites is 1. The predicted molar refractivity (Wildman–Crippen MR) is 114 cm³/mol. The Labute approximate surface area is 172 Å². The summed E-state index contributed by atoms with van der Waals surface area (Å²) in [6.45, 7) is 1.95. The first-order valence-corrected chi connectivity index (χ1v) is 9.65. The van der Waals surface area contributed by atoms with Gasteiger partial charge in [-0.05, 0) is 36.2 Å². The van der Waals surface area contributed by atoms with Gasteiger partial charge in [0.15, 0.2) is 0 Å². The molecule has 4 aromatic rings. The quantitative estimate of drug-likeness (QED) is 0.544. The second-order valence-electron chi connectivity index (χ2n) is 6.66. The van der Waals surface area contributed by atoms with Gasteiger partial charge in [-0.1, -0.05) is 48.9 Å². The Bertz CT molecular complexity index is 1240. The van der Waals surface area contributed by atoms with Crippen LogP contribution in [0.1, 0.15) is 12.5 Å². The minimum absolute atomic E-state index is 0.0746. The van der Waals surface area contributed by atoms with Crippen LogP contribution in [-0.4, -0.2) is 20.1 Å². The van der Waals surface area contributed by atoms with Crippen molar-refractivity contribution in [2.24, 2.45) is 0 Å². The lowest BCUT2D eigenvalue weighted by Gasteiger charge is -2.10. The molecule has 0 radical (unpaired) electrons. The fraction of sp³-hybridized carbons (Fsp3) is 0.136. The van der Waals surface area contributed by atoms with Crippen molar-refractivity contribution in [1.29, 1.82) is 0 Å². The van der Waals surface area contributed by atoms with E-state index < -0.39 is 0 Å². The van der Waals surface area contributed by atoms with E-state index in [1.54, 1.807) is 30.6 Å². The van der Waals surface area contributed by atoms with Gasteiger partial charge in [0.25, 0.3) is 5.56 Å². The van der Waals surface area contributed by atoms with E-state index in [4.69, 9.17) is 11.6 Å². The Morgan fingerprint density at radius 3 is 2.62 bits per heavy atom. The van der Waals surface area contributed by atoms with Gasteiger partial charge in [0.2, 0.25) is 5.91 Å². The predicted octanol–water partition coefficient (Wildman–Crippen LogP) is 4.02. The van der Waals surface area contributed by atoms with Gasteiger partial charge in [-0.25, -0.2) is 4.52 Å². The smallest absolute Gasteiger partial charge is 0.277 e. The van der Waals surface area contributed by atoms with E-state index in [2.05, 4.69) is 10.4 Å². The van der Waals surface area contributed by atoms with Crippen molar-refractivity contribution in [3.8, 4) is 11.3 Å². The number of aryl methyl sites for hydroxylation is 1. The fourth-order valence-corrected chi connectivity index (χ4v) is 3.33. The number of carbonyl (C=O) groups excluding carboxylic acids is 1. The van der Waals surface area contributed by atoms with E-state index in [-0.39, 0.29) is 18.0 Å². The third-order valence-corrected chi connectivity index (χ3v) is 4.98. The van der Waals surface area contributed by atoms with Gasteiger partial charge >= 0.3 is 0 Å². The van der Waals surface area contributed by atoms with Crippen LogP contribution in [0.2, 0.25) is 5.02 Å². The molecule has 0 saturated heterocycles. The number of hydrogen-bond acceptors (Lipinski definition) is 3. The summed E-state index contributed by atoms with van der Waals surface area (Å²) in [5, 5.41) is 7.97. The second kappa shape index (κ2) is 7.93. The summed E-state index contributed by atoms with van der Waals surface area (Å²) >= 11 is 5.93. The summed E-state index contributed by atoms with van der Waals surface area (Å²) < 4.78 is 2.90. The van der Waals surface area contributed by atoms with Crippen molar-refractivity contribution < 1.29 is 4.79 Å². The van der Waals surface area contributed by atoms with Crippen LogP contribution in [0.15, 0.2) is 71.8 Å². The zero-order chi connectivity index (χ0) is 20.4. The van der Waals surface area contributed by atoms with Gasteiger partial charge in [-0.15, -0.1) is 0 Å². The van der Waals surface area contributed by atoms with Crippen molar-refractivity contribution in [1.82, 2.24) is 14.2 Å². The lowest BCUT2D eigenvalue weighted by atomic mass is 10.1. The fourth-order valence-electron chi connectivity index (χ4n) is 3.21. The number of nitrogens with zero attached hydrogens (tertiary/aromatic N) is 3. The molecule has 1 amide bonds. The number of amides is 1. The first kappa shape index (κ1) is 19.0. The summed E-state index contributed by atoms with van der Waals surface area (Å²) in [4.78, 5) is 25.3. The Hall–Kier alpha value is -3.38. The third kappa shape index (κ3) is 3.93. The van der Waals surface area contributed by atoms with Gasteiger partial charge < -0.3 is 9.88 Å². The minimum Gasteiger partial charge on any atom is -0.324 e. The molecule has 146 valence electrons. The maximum atomic E-state index is 12.8. The zero-order valence-electron chi connectivity index (χ0n) is 15.8. The van der Waals surface area contributed by atoms with Crippen LogP contribution in [0.4, 0.5) is 5.69 Å². The summed E-state index contributed by atoms with van der Waals surface area (Å²) in [6.07, 6.45) is 4.05. The number of anilines is 1. The molecule has 0 atom stereocenters. The number of nitrogens with one attached hydrogen (secondary N) is 1. The number of benzene rings is 2. The molecule has 29 heavy (non-hydrogen) atoms. The molecule has 0 fully saturated rings. The largest absolute Gasteiger partial charge is 0.324 e. The Morgan fingerprint density at radius 2 is 1.86 bits per heavy atom. The Balaban J connectivity index is 1.59. The number of fused-ring (bicyclic) bond motifs is 1. The molecule has 0 aliphatic rings. The third-order valence-electron chi connectivity index (χ3n) is 4.73. The molecule has 6 nitrogen and oxygen atoms in total. The van der Waals surface area contributed by atoms with Gasteiger partial charge in [0.1, 0.15) is 12.1 Å². The van der Waals surface area contributed by atoms with E-state index in [1.807, 2.05) is 43.3 Å².